The largest absolute Gasteiger partial charge is 0.416 e. The first-order valence-electron chi connectivity index (χ1n) is 3.61. The van der Waals surface area contributed by atoms with Crippen LogP contribution in [0.25, 0.3) is 0 Å². The van der Waals surface area contributed by atoms with E-state index in [9.17, 15) is 13.2 Å². The quantitative estimate of drug-likeness (QED) is 0.840. The van der Waals surface area contributed by atoms with E-state index in [0.717, 1.165) is 12.1 Å². The lowest BCUT2D eigenvalue weighted by atomic mass is 10.1. The summed E-state index contributed by atoms with van der Waals surface area (Å²) < 4.78 is 37.1. The van der Waals surface area contributed by atoms with E-state index < -0.39 is 11.7 Å². The van der Waals surface area contributed by atoms with Gasteiger partial charge in [-0.05, 0) is 17.7 Å². The second kappa shape index (κ2) is 4.08. The molecule has 1 nitrogen and oxygen atoms in total. The fourth-order valence-electron chi connectivity index (χ4n) is 0.962. The molecule has 6 heteroatoms. The molecular weight excluding hydrogens is 282 g/mol. The second-order valence-corrected chi connectivity index (χ2v) is 3.88. The van der Waals surface area contributed by atoms with E-state index in [1.165, 1.54) is 0 Å². The zero-order valence-electron chi connectivity index (χ0n) is 6.83. The van der Waals surface area contributed by atoms with Crippen LogP contribution in [0.15, 0.2) is 16.6 Å². The summed E-state index contributed by atoms with van der Waals surface area (Å²) in [4.78, 5) is 0. The molecule has 78 valence electrons. The normalized spacial score (nSPS) is 11.9. The van der Waals surface area contributed by atoms with Gasteiger partial charge >= 0.3 is 6.18 Å². The van der Waals surface area contributed by atoms with Crippen molar-refractivity contribution in [2.45, 2.75) is 12.7 Å². The van der Waals surface area contributed by atoms with Crippen molar-refractivity contribution in [2.75, 3.05) is 0 Å². The van der Waals surface area contributed by atoms with Crippen LogP contribution in [0.4, 0.5) is 13.2 Å². The van der Waals surface area contributed by atoms with Crippen molar-refractivity contribution in [1.29, 1.82) is 0 Å². The predicted octanol–water partition coefficient (Wildman–Crippen LogP) is 3.58. The Kier molecular flexibility index (Phi) is 3.44. The van der Waals surface area contributed by atoms with Crippen molar-refractivity contribution in [2.24, 2.45) is 5.73 Å². The highest BCUT2D eigenvalue weighted by molar-refractivity contribution is 9.10. The van der Waals surface area contributed by atoms with Gasteiger partial charge in [0.15, 0.2) is 0 Å². The Hall–Kier alpha value is -0.260. The lowest BCUT2D eigenvalue weighted by molar-refractivity contribution is -0.137. The van der Waals surface area contributed by atoms with Gasteiger partial charge in [-0.15, -0.1) is 0 Å². The lowest BCUT2D eigenvalue weighted by Gasteiger charge is -2.10. The number of hydrogen-bond donors (Lipinski definition) is 1. The van der Waals surface area contributed by atoms with E-state index in [0.29, 0.717) is 5.56 Å². The minimum absolute atomic E-state index is 0.0224. The Bertz CT molecular complexity index is 328. The van der Waals surface area contributed by atoms with Gasteiger partial charge in [0.1, 0.15) is 0 Å². The Balaban J connectivity index is 3.28. The highest BCUT2D eigenvalue weighted by atomic mass is 79.9. The lowest BCUT2D eigenvalue weighted by Crippen LogP contribution is -2.07. The Labute approximate surface area is 92.2 Å². The van der Waals surface area contributed by atoms with Crippen LogP contribution in [0.1, 0.15) is 11.1 Å². The van der Waals surface area contributed by atoms with Crippen LogP contribution in [-0.2, 0) is 12.7 Å². The summed E-state index contributed by atoms with van der Waals surface area (Å²) in [5, 5.41) is 0.0224. The van der Waals surface area contributed by atoms with E-state index in [4.69, 9.17) is 17.3 Å². The fraction of sp³-hybridized carbons (Fsp3) is 0.250. The van der Waals surface area contributed by atoms with E-state index in [1.54, 1.807) is 0 Å². The molecule has 0 heterocycles. The monoisotopic (exact) mass is 287 g/mol. The van der Waals surface area contributed by atoms with Crippen LogP contribution >= 0.6 is 27.5 Å². The van der Waals surface area contributed by atoms with Gasteiger partial charge in [0, 0.05) is 16.0 Å². The van der Waals surface area contributed by atoms with Gasteiger partial charge in [0.05, 0.1) is 5.56 Å². The van der Waals surface area contributed by atoms with Gasteiger partial charge in [-0.3, -0.25) is 0 Å². The molecule has 0 amide bonds. The summed E-state index contributed by atoms with van der Waals surface area (Å²) >= 11 is 8.62. The molecule has 14 heavy (non-hydrogen) atoms. The van der Waals surface area contributed by atoms with E-state index >= 15 is 0 Å². The first kappa shape index (κ1) is 11.8. The number of nitrogens with two attached hydrogens (primary N) is 1. The summed E-state index contributed by atoms with van der Waals surface area (Å²) in [6.07, 6.45) is -4.39. The van der Waals surface area contributed by atoms with Crippen molar-refractivity contribution in [3.63, 3.8) is 0 Å². The average molecular weight is 288 g/mol. The molecule has 0 spiro atoms. The molecule has 0 saturated carbocycles. The molecule has 1 aromatic rings. The maximum atomic E-state index is 12.3. The summed E-state index contributed by atoms with van der Waals surface area (Å²) in [5.74, 6) is 0. The molecule has 0 radical (unpaired) electrons. The number of halogens is 5. The Morgan fingerprint density at radius 2 is 1.93 bits per heavy atom. The van der Waals surface area contributed by atoms with Crippen molar-refractivity contribution < 1.29 is 13.2 Å². The SMILES string of the molecule is NCc1c(Cl)cc(C(F)(F)F)cc1Br. The van der Waals surface area contributed by atoms with Gasteiger partial charge in [0.2, 0.25) is 0 Å². The first-order chi connectivity index (χ1) is 6.36. The second-order valence-electron chi connectivity index (χ2n) is 2.62. The first-order valence-corrected chi connectivity index (χ1v) is 4.78. The topological polar surface area (TPSA) is 26.0 Å². The Morgan fingerprint density at radius 1 is 1.36 bits per heavy atom. The molecular formula is C8H6BrClF3N. The summed E-state index contributed by atoms with van der Waals surface area (Å²) in [5.41, 5.74) is 5.00. The maximum absolute atomic E-state index is 12.3. The zero-order valence-corrected chi connectivity index (χ0v) is 9.17. The van der Waals surface area contributed by atoms with Crippen molar-refractivity contribution >= 4 is 27.5 Å². The minimum Gasteiger partial charge on any atom is -0.326 e. The van der Waals surface area contributed by atoms with E-state index in [2.05, 4.69) is 15.9 Å². The number of benzene rings is 1. The summed E-state index contributed by atoms with van der Waals surface area (Å²) in [7, 11) is 0. The van der Waals surface area contributed by atoms with Crippen LogP contribution in [0.2, 0.25) is 5.02 Å². The fourth-order valence-corrected chi connectivity index (χ4v) is 1.99. The molecule has 0 bridgehead atoms. The molecule has 0 fully saturated rings. The molecule has 0 saturated heterocycles. The van der Waals surface area contributed by atoms with E-state index in [-0.39, 0.29) is 16.0 Å². The van der Waals surface area contributed by atoms with Gasteiger partial charge < -0.3 is 5.73 Å². The van der Waals surface area contributed by atoms with Crippen LogP contribution in [0.3, 0.4) is 0 Å². The molecule has 0 unspecified atom stereocenters. The van der Waals surface area contributed by atoms with Crippen LogP contribution in [0, 0.1) is 0 Å². The Morgan fingerprint density at radius 3 is 2.29 bits per heavy atom. The van der Waals surface area contributed by atoms with Crippen LogP contribution in [0.5, 0.6) is 0 Å². The molecule has 0 aliphatic heterocycles. The smallest absolute Gasteiger partial charge is 0.326 e. The summed E-state index contributed by atoms with van der Waals surface area (Å²) in [6.45, 7) is 0.0948. The maximum Gasteiger partial charge on any atom is 0.416 e. The zero-order chi connectivity index (χ0) is 10.9. The predicted molar refractivity (Wildman–Crippen MR) is 52.0 cm³/mol. The molecule has 0 aliphatic rings. The van der Waals surface area contributed by atoms with Crippen molar-refractivity contribution in [1.82, 2.24) is 0 Å². The molecule has 0 aliphatic carbocycles. The molecule has 2 N–H and O–H groups in total. The highest BCUT2D eigenvalue weighted by Gasteiger charge is 2.31. The van der Waals surface area contributed by atoms with Crippen molar-refractivity contribution in [3.05, 3.63) is 32.8 Å². The van der Waals surface area contributed by atoms with Gasteiger partial charge in [0.25, 0.3) is 0 Å². The molecule has 0 aromatic heterocycles. The third kappa shape index (κ3) is 2.40. The van der Waals surface area contributed by atoms with Gasteiger partial charge in [-0.25, -0.2) is 0 Å². The third-order valence-electron chi connectivity index (χ3n) is 1.67. The van der Waals surface area contributed by atoms with Crippen LogP contribution in [-0.4, -0.2) is 0 Å². The molecule has 1 rings (SSSR count). The number of rotatable bonds is 1. The van der Waals surface area contributed by atoms with E-state index in [1.807, 2.05) is 0 Å². The number of hydrogen-bond acceptors (Lipinski definition) is 1. The van der Waals surface area contributed by atoms with Crippen molar-refractivity contribution in [3.8, 4) is 0 Å². The van der Waals surface area contributed by atoms with Crippen LogP contribution < -0.4 is 5.73 Å². The molecule has 1 aromatic carbocycles. The number of alkyl halides is 3. The van der Waals surface area contributed by atoms with Gasteiger partial charge in [-0.1, -0.05) is 27.5 Å². The third-order valence-corrected chi connectivity index (χ3v) is 2.72. The standard InChI is InChI=1S/C8H6BrClF3N/c9-6-1-4(8(11,12)13)2-7(10)5(6)3-14/h1-2H,3,14H2. The minimum atomic E-state index is -4.39. The van der Waals surface area contributed by atoms with Gasteiger partial charge in [-0.2, -0.15) is 13.2 Å². The molecule has 0 atom stereocenters. The average Bonchev–Trinajstić information content (AvgIpc) is 2.01. The summed E-state index contributed by atoms with van der Waals surface area (Å²) in [6, 6.07) is 1.84. The highest BCUT2D eigenvalue weighted by Crippen LogP contribution is 2.35.